The summed E-state index contributed by atoms with van der Waals surface area (Å²) < 4.78 is 15.2. The second-order valence-electron chi connectivity index (χ2n) is 3.79. The Morgan fingerprint density at radius 2 is 2.19 bits per heavy atom. The molecule has 0 aliphatic rings. The van der Waals surface area contributed by atoms with Crippen molar-refractivity contribution in [3.05, 3.63) is 48.3 Å². The zero-order valence-electron chi connectivity index (χ0n) is 9.10. The maximum atomic E-state index is 13.5. The Hall–Kier alpha value is -1.68. The number of halogens is 1. The Kier molecular flexibility index (Phi) is 3.01. The first-order chi connectivity index (χ1) is 7.72. The summed E-state index contributed by atoms with van der Waals surface area (Å²) in [6.45, 7) is 2.53. The third kappa shape index (κ3) is 1.97. The van der Waals surface area contributed by atoms with Gasteiger partial charge in [-0.2, -0.15) is 0 Å². The van der Waals surface area contributed by atoms with Gasteiger partial charge in [-0.15, -0.1) is 0 Å². The molecule has 1 unspecified atom stereocenters. The fourth-order valence-corrected chi connectivity index (χ4v) is 1.51. The SMILES string of the molecule is CC(CN)c1cn(-c2ccccc2F)cn1. The molecule has 2 rings (SSSR count). The third-order valence-corrected chi connectivity index (χ3v) is 2.59. The van der Waals surface area contributed by atoms with E-state index in [2.05, 4.69) is 4.98 Å². The first kappa shape index (κ1) is 10.8. The van der Waals surface area contributed by atoms with Gasteiger partial charge in [-0.25, -0.2) is 9.37 Å². The first-order valence-corrected chi connectivity index (χ1v) is 5.21. The van der Waals surface area contributed by atoms with Crippen LogP contribution in [0, 0.1) is 5.82 Å². The smallest absolute Gasteiger partial charge is 0.147 e. The molecule has 1 aromatic heterocycles. The molecule has 0 amide bonds. The lowest BCUT2D eigenvalue weighted by Crippen LogP contribution is -2.09. The summed E-state index contributed by atoms with van der Waals surface area (Å²) in [5.74, 6) is -0.0696. The van der Waals surface area contributed by atoms with Crippen LogP contribution in [0.3, 0.4) is 0 Å². The highest BCUT2D eigenvalue weighted by atomic mass is 19.1. The van der Waals surface area contributed by atoms with Crippen LogP contribution in [0.2, 0.25) is 0 Å². The molecule has 2 aromatic rings. The average molecular weight is 219 g/mol. The topological polar surface area (TPSA) is 43.8 Å². The molecule has 0 fully saturated rings. The molecule has 3 nitrogen and oxygen atoms in total. The highest BCUT2D eigenvalue weighted by Crippen LogP contribution is 2.16. The lowest BCUT2D eigenvalue weighted by atomic mass is 10.1. The monoisotopic (exact) mass is 219 g/mol. The van der Waals surface area contributed by atoms with Gasteiger partial charge in [0.15, 0.2) is 0 Å². The molecule has 4 heteroatoms. The molecule has 0 saturated heterocycles. The quantitative estimate of drug-likeness (QED) is 0.858. The van der Waals surface area contributed by atoms with Gasteiger partial charge in [-0.05, 0) is 12.1 Å². The minimum atomic E-state index is -0.258. The zero-order valence-corrected chi connectivity index (χ0v) is 9.10. The summed E-state index contributed by atoms with van der Waals surface area (Å²) in [6, 6.07) is 6.61. The van der Waals surface area contributed by atoms with E-state index in [1.54, 1.807) is 29.1 Å². The highest BCUT2D eigenvalue weighted by molar-refractivity contribution is 5.33. The van der Waals surface area contributed by atoms with Gasteiger partial charge in [0.25, 0.3) is 0 Å². The van der Waals surface area contributed by atoms with Gasteiger partial charge >= 0.3 is 0 Å². The van der Waals surface area contributed by atoms with Crippen LogP contribution in [0.5, 0.6) is 0 Å². The van der Waals surface area contributed by atoms with Crippen LogP contribution in [-0.2, 0) is 0 Å². The van der Waals surface area contributed by atoms with Crippen LogP contribution >= 0.6 is 0 Å². The highest BCUT2D eigenvalue weighted by Gasteiger charge is 2.09. The van der Waals surface area contributed by atoms with E-state index in [4.69, 9.17) is 5.73 Å². The summed E-state index contributed by atoms with van der Waals surface area (Å²) in [5, 5.41) is 0. The molecule has 0 aliphatic heterocycles. The number of aromatic nitrogens is 2. The molecular formula is C12H14FN3. The van der Waals surface area contributed by atoms with Crippen LogP contribution in [0.25, 0.3) is 5.69 Å². The number of hydrogen-bond acceptors (Lipinski definition) is 2. The second kappa shape index (κ2) is 4.45. The van der Waals surface area contributed by atoms with Gasteiger partial charge < -0.3 is 10.3 Å². The standard InChI is InChI=1S/C12H14FN3/c1-9(6-14)11-7-16(8-15-11)12-5-3-2-4-10(12)13/h2-5,7-9H,6,14H2,1H3. The average Bonchev–Trinajstić information content (AvgIpc) is 2.78. The van der Waals surface area contributed by atoms with Crippen LogP contribution in [0.1, 0.15) is 18.5 Å². The van der Waals surface area contributed by atoms with E-state index in [9.17, 15) is 4.39 Å². The predicted molar refractivity (Wildman–Crippen MR) is 61.0 cm³/mol. The van der Waals surface area contributed by atoms with E-state index >= 15 is 0 Å². The van der Waals surface area contributed by atoms with Gasteiger partial charge in [0.1, 0.15) is 5.82 Å². The first-order valence-electron chi connectivity index (χ1n) is 5.21. The Morgan fingerprint density at radius 1 is 1.44 bits per heavy atom. The van der Waals surface area contributed by atoms with Crippen LogP contribution < -0.4 is 5.73 Å². The molecule has 16 heavy (non-hydrogen) atoms. The zero-order chi connectivity index (χ0) is 11.5. The van der Waals surface area contributed by atoms with E-state index in [0.717, 1.165) is 5.69 Å². The van der Waals surface area contributed by atoms with Crippen molar-refractivity contribution in [1.29, 1.82) is 0 Å². The molecule has 0 aliphatic carbocycles. The van der Waals surface area contributed by atoms with E-state index in [-0.39, 0.29) is 11.7 Å². The van der Waals surface area contributed by atoms with Crippen LogP contribution in [0.15, 0.2) is 36.8 Å². The molecule has 1 atom stereocenters. The number of nitrogens with zero attached hydrogens (tertiary/aromatic N) is 2. The molecular weight excluding hydrogens is 205 g/mol. The van der Waals surface area contributed by atoms with Crippen molar-refractivity contribution >= 4 is 0 Å². The third-order valence-electron chi connectivity index (χ3n) is 2.59. The summed E-state index contributed by atoms with van der Waals surface area (Å²) in [7, 11) is 0. The van der Waals surface area contributed by atoms with Gasteiger partial charge in [0.05, 0.1) is 17.7 Å². The number of rotatable bonds is 3. The largest absolute Gasteiger partial charge is 0.330 e. The van der Waals surface area contributed by atoms with Gasteiger partial charge in [0, 0.05) is 18.7 Å². The van der Waals surface area contributed by atoms with Crippen molar-refractivity contribution in [3.8, 4) is 5.69 Å². The molecule has 1 aromatic carbocycles. The molecule has 0 saturated carbocycles. The summed E-state index contributed by atoms with van der Waals surface area (Å²) in [5.41, 5.74) is 6.94. The van der Waals surface area contributed by atoms with Crippen LogP contribution in [-0.4, -0.2) is 16.1 Å². The number of imidazole rings is 1. The molecule has 0 bridgehead atoms. The maximum absolute atomic E-state index is 13.5. The Morgan fingerprint density at radius 3 is 2.88 bits per heavy atom. The van der Waals surface area contributed by atoms with E-state index in [1.165, 1.54) is 6.07 Å². The van der Waals surface area contributed by atoms with Crippen LogP contribution in [0.4, 0.5) is 4.39 Å². The van der Waals surface area contributed by atoms with Crippen molar-refractivity contribution in [2.45, 2.75) is 12.8 Å². The van der Waals surface area contributed by atoms with Crippen molar-refractivity contribution < 1.29 is 4.39 Å². The summed E-state index contributed by atoms with van der Waals surface area (Å²) >= 11 is 0. The summed E-state index contributed by atoms with van der Waals surface area (Å²) in [4.78, 5) is 4.22. The second-order valence-corrected chi connectivity index (χ2v) is 3.79. The van der Waals surface area contributed by atoms with E-state index < -0.39 is 0 Å². The Balaban J connectivity index is 2.35. The lowest BCUT2D eigenvalue weighted by molar-refractivity contribution is 0.618. The number of para-hydroxylation sites is 1. The van der Waals surface area contributed by atoms with E-state index in [0.29, 0.717) is 12.2 Å². The minimum Gasteiger partial charge on any atom is -0.330 e. The van der Waals surface area contributed by atoms with Gasteiger partial charge in [-0.1, -0.05) is 19.1 Å². The van der Waals surface area contributed by atoms with Gasteiger partial charge in [-0.3, -0.25) is 0 Å². The van der Waals surface area contributed by atoms with Gasteiger partial charge in [0.2, 0.25) is 0 Å². The van der Waals surface area contributed by atoms with E-state index in [1.807, 2.05) is 13.1 Å². The van der Waals surface area contributed by atoms with Crippen molar-refractivity contribution in [3.63, 3.8) is 0 Å². The number of benzene rings is 1. The Bertz CT molecular complexity index is 479. The molecule has 0 radical (unpaired) electrons. The molecule has 0 spiro atoms. The maximum Gasteiger partial charge on any atom is 0.147 e. The minimum absolute atomic E-state index is 0.188. The van der Waals surface area contributed by atoms with Crippen molar-refractivity contribution in [2.75, 3.05) is 6.54 Å². The normalized spacial score (nSPS) is 12.7. The lowest BCUT2D eigenvalue weighted by Gasteiger charge is -2.04. The molecule has 2 N–H and O–H groups in total. The fourth-order valence-electron chi connectivity index (χ4n) is 1.51. The van der Waals surface area contributed by atoms with Crippen molar-refractivity contribution in [2.24, 2.45) is 5.73 Å². The number of nitrogens with two attached hydrogens (primary N) is 1. The molecule has 84 valence electrons. The fraction of sp³-hybridized carbons (Fsp3) is 0.250. The molecule has 1 heterocycles. The summed E-state index contributed by atoms with van der Waals surface area (Å²) in [6.07, 6.45) is 3.43. The Labute approximate surface area is 93.7 Å². The predicted octanol–water partition coefficient (Wildman–Crippen LogP) is 2.07. The number of hydrogen-bond donors (Lipinski definition) is 1. The van der Waals surface area contributed by atoms with Crippen molar-refractivity contribution in [1.82, 2.24) is 9.55 Å².